The summed E-state index contributed by atoms with van der Waals surface area (Å²) in [5.41, 5.74) is 7.70. The summed E-state index contributed by atoms with van der Waals surface area (Å²) in [6.45, 7) is 10.5. The van der Waals surface area contributed by atoms with Gasteiger partial charge < -0.3 is 15.7 Å². The Kier molecular flexibility index (Phi) is 8.09. The maximum Gasteiger partial charge on any atom is 0.240 e. The van der Waals surface area contributed by atoms with E-state index in [4.69, 9.17) is 5.73 Å². The second-order valence-electron chi connectivity index (χ2n) is 6.65. The van der Waals surface area contributed by atoms with Gasteiger partial charge >= 0.3 is 0 Å². The largest absolute Gasteiger partial charge is 0.387 e. The molecular formula is C17H29ClN2O2. The van der Waals surface area contributed by atoms with Gasteiger partial charge in [-0.2, -0.15) is 0 Å². The number of benzene rings is 1. The van der Waals surface area contributed by atoms with Gasteiger partial charge in [-0.05, 0) is 24.8 Å². The molecule has 1 rings (SSSR count). The van der Waals surface area contributed by atoms with Crippen LogP contribution in [0.2, 0.25) is 0 Å². The van der Waals surface area contributed by atoms with Crippen LogP contribution in [0.15, 0.2) is 24.3 Å². The summed E-state index contributed by atoms with van der Waals surface area (Å²) < 4.78 is 0. The third-order valence-electron chi connectivity index (χ3n) is 3.75. The number of likely N-dealkylation sites (N-methyl/N-ethyl adjacent to an activating group) is 1. The van der Waals surface area contributed by atoms with Gasteiger partial charge in [-0.1, -0.05) is 50.6 Å². The monoisotopic (exact) mass is 328 g/mol. The highest BCUT2D eigenvalue weighted by molar-refractivity contribution is 5.85. The summed E-state index contributed by atoms with van der Waals surface area (Å²) in [7, 11) is 0. The van der Waals surface area contributed by atoms with E-state index in [1.165, 1.54) is 0 Å². The average molecular weight is 329 g/mol. The van der Waals surface area contributed by atoms with Gasteiger partial charge in [0.1, 0.15) is 0 Å². The fourth-order valence-electron chi connectivity index (χ4n) is 2.04. The van der Waals surface area contributed by atoms with Gasteiger partial charge in [-0.3, -0.25) is 4.79 Å². The molecule has 0 aliphatic heterocycles. The first-order valence-corrected chi connectivity index (χ1v) is 7.45. The molecule has 1 aromatic carbocycles. The lowest BCUT2D eigenvalue weighted by Gasteiger charge is -2.32. The molecule has 0 aromatic heterocycles. The number of nitrogens with two attached hydrogens (primary N) is 1. The van der Waals surface area contributed by atoms with Crippen LogP contribution in [0.3, 0.4) is 0 Å². The molecule has 0 radical (unpaired) electrons. The highest BCUT2D eigenvalue weighted by Crippen LogP contribution is 2.21. The number of carbonyl (C=O) groups excluding carboxylic acids is 1. The van der Waals surface area contributed by atoms with Crippen molar-refractivity contribution in [2.75, 3.05) is 13.1 Å². The molecule has 22 heavy (non-hydrogen) atoms. The van der Waals surface area contributed by atoms with E-state index in [0.717, 1.165) is 11.1 Å². The molecule has 5 heteroatoms. The molecule has 1 aromatic rings. The molecule has 0 aliphatic rings. The average Bonchev–Trinajstić information content (AvgIpc) is 2.42. The molecule has 2 atom stereocenters. The molecule has 3 N–H and O–H groups in total. The molecule has 0 heterocycles. The van der Waals surface area contributed by atoms with Crippen LogP contribution in [0.4, 0.5) is 0 Å². The Bertz CT molecular complexity index is 469. The lowest BCUT2D eigenvalue weighted by Crippen LogP contribution is -2.51. The minimum absolute atomic E-state index is 0. The normalized spacial score (nSPS) is 14.0. The second kappa shape index (κ2) is 8.51. The van der Waals surface area contributed by atoms with E-state index >= 15 is 0 Å². The summed E-state index contributed by atoms with van der Waals surface area (Å²) in [6.07, 6.45) is -0.693. The van der Waals surface area contributed by atoms with Crippen LogP contribution in [-0.2, 0) is 4.79 Å². The van der Waals surface area contributed by atoms with Crippen LogP contribution < -0.4 is 5.73 Å². The lowest BCUT2D eigenvalue weighted by atomic mass is 9.86. The second-order valence-corrected chi connectivity index (χ2v) is 6.65. The zero-order valence-corrected chi connectivity index (χ0v) is 15.0. The number of hydrogen-bond acceptors (Lipinski definition) is 3. The number of nitrogens with zero attached hydrogens (tertiary/aromatic N) is 1. The number of halogens is 1. The third-order valence-corrected chi connectivity index (χ3v) is 3.75. The number of aliphatic hydroxyl groups excluding tert-OH is 1. The Morgan fingerprint density at radius 3 is 2.18 bits per heavy atom. The minimum Gasteiger partial charge on any atom is -0.387 e. The zero-order valence-electron chi connectivity index (χ0n) is 14.2. The van der Waals surface area contributed by atoms with E-state index in [9.17, 15) is 9.90 Å². The maximum absolute atomic E-state index is 12.4. The van der Waals surface area contributed by atoms with Crippen LogP contribution in [0.25, 0.3) is 0 Å². The standard InChI is InChI=1S/C17H28N2O2.ClH/c1-6-19(16(21)15(18)17(3,4)5)11-14(20)13-9-7-12(2)8-10-13;/h7-10,14-15,20H,6,11,18H2,1-5H3;1H. The highest BCUT2D eigenvalue weighted by Gasteiger charge is 2.31. The van der Waals surface area contributed by atoms with Gasteiger partial charge in [0.05, 0.1) is 18.7 Å². The van der Waals surface area contributed by atoms with Gasteiger partial charge in [0.2, 0.25) is 5.91 Å². The molecule has 126 valence electrons. The minimum atomic E-state index is -0.693. The predicted octanol–water partition coefficient (Wildman–Crippen LogP) is 2.67. The van der Waals surface area contributed by atoms with E-state index in [1.54, 1.807) is 4.90 Å². The van der Waals surface area contributed by atoms with E-state index in [1.807, 2.05) is 58.9 Å². The molecule has 0 saturated heterocycles. The molecule has 0 spiro atoms. The van der Waals surface area contributed by atoms with Crippen LogP contribution >= 0.6 is 12.4 Å². The zero-order chi connectivity index (χ0) is 16.2. The Hall–Kier alpha value is -1.10. The summed E-state index contributed by atoms with van der Waals surface area (Å²) in [4.78, 5) is 14.1. The molecule has 2 unspecified atom stereocenters. The number of aliphatic hydroxyl groups is 1. The van der Waals surface area contributed by atoms with Crippen molar-refractivity contribution in [3.05, 3.63) is 35.4 Å². The quantitative estimate of drug-likeness (QED) is 0.873. The lowest BCUT2D eigenvalue weighted by molar-refractivity contribution is -0.136. The van der Waals surface area contributed by atoms with Gasteiger partial charge in [0.25, 0.3) is 0 Å². The van der Waals surface area contributed by atoms with Crippen molar-refractivity contribution in [1.82, 2.24) is 4.90 Å². The Labute approximate surface area is 140 Å². The van der Waals surface area contributed by atoms with E-state index in [0.29, 0.717) is 6.54 Å². The Balaban J connectivity index is 0.00000441. The first-order valence-electron chi connectivity index (χ1n) is 7.45. The number of carbonyl (C=O) groups is 1. The molecule has 4 nitrogen and oxygen atoms in total. The summed E-state index contributed by atoms with van der Waals surface area (Å²) in [6, 6.07) is 7.13. The van der Waals surface area contributed by atoms with Crippen molar-refractivity contribution in [2.24, 2.45) is 11.1 Å². The SMILES string of the molecule is CCN(CC(O)c1ccc(C)cc1)C(=O)C(N)C(C)(C)C.Cl. The molecule has 1 amide bonds. The van der Waals surface area contributed by atoms with Gasteiger partial charge in [-0.25, -0.2) is 0 Å². The summed E-state index contributed by atoms with van der Waals surface area (Å²) in [5.74, 6) is -0.115. The van der Waals surface area contributed by atoms with Crippen molar-refractivity contribution >= 4 is 18.3 Å². The predicted molar refractivity (Wildman–Crippen MR) is 93.1 cm³/mol. The highest BCUT2D eigenvalue weighted by atomic mass is 35.5. The van der Waals surface area contributed by atoms with Crippen LogP contribution in [-0.4, -0.2) is 35.0 Å². The van der Waals surface area contributed by atoms with Gasteiger partial charge in [0.15, 0.2) is 0 Å². The van der Waals surface area contributed by atoms with Crippen molar-refractivity contribution in [3.63, 3.8) is 0 Å². The summed E-state index contributed by atoms with van der Waals surface area (Å²) in [5, 5.41) is 10.3. The number of aryl methyl sites for hydroxylation is 1. The Morgan fingerprint density at radius 2 is 1.77 bits per heavy atom. The number of rotatable bonds is 5. The van der Waals surface area contributed by atoms with E-state index in [2.05, 4.69) is 0 Å². The van der Waals surface area contributed by atoms with Crippen LogP contribution in [0.1, 0.15) is 44.9 Å². The number of hydrogen-bond donors (Lipinski definition) is 2. The smallest absolute Gasteiger partial charge is 0.240 e. The summed E-state index contributed by atoms with van der Waals surface area (Å²) >= 11 is 0. The van der Waals surface area contributed by atoms with Crippen LogP contribution in [0, 0.1) is 12.3 Å². The molecule has 0 fully saturated rings. The van der Waals surface area contributed by atoms with Crippen molar-refractivity contribution in [2.45, 2.75) is 46.8 Å². The topological polar surface area (TPSA) is 66.6 Å². The first-order chi connectivity index (χ1) is 9.66. The molecule has 0 bridgehead atoms. The fraction of sp³-hybridized carbons (Fsp3) is 0.588. The maximum atomic E-state index is 12.4. The van der Waals surface area contributed by atoms with Crippen molar-refractivity contribution < 1.29 is 9.90 Å². The third kappa shape index (κ3) is 5.59. The van der Waals surface area contributed by atoms with Crippen LogP contribution in [0.5, 0.6) is 0 Å². The van der Waals surface area contributed by atoms with Gasteiger partial charge in [0, 0.05) is 6.54 Å². The molecule has 0 aliphatic carbocycles. The molecular weight excluding hydrogens is 300 g/mol. The Morgan fingerprint density at radius 1 is 1.27 bits per heavy atom. The van der Waals surface area contributed by atoms with Gasteiger partial charge in [-0.15, -0.1) is 12.4 Å². The fourth-order valence-corrected chi connectivity index (χ4v) is 2.04. The van der Waals surface area contributed by atoms with E-state index < -0.39 is 12.1 Å². The molecule has 0 saturated carbocycles. The number of amides is 1. The van der Waals surface area contributed by atoms with Crippen molar-refractivity contribution in [1.29, 1.82) is 0 Å². The first kappa shape index (κ1) is 20.9. The van der Waals surface area contributed by atoms with Crippen molar-refractivity contribution in [3.8, 4) is 0 Å². The van der Waals surface area contributed by atoms with E-state index in [-0.39, 0.29) is 30.3 Å².